The molecule has 5 heteroatoms. The minimum absolute atomic E-state index is 0. The average Bonchev–Trinajstić information content (AvgIpc) is 2.69. The number of piperidine rings is 1. The quantitative estimate of drug-likeness (QED) is 0.615. The van der Waals surface area contributed by atoms with Crippen molar-refractivity contribution in [2.45, 2.75) is 19.3 Å². The van der Waals surface area contributed by atoms with Gasteiger partial charge in [-0.1, -0.05) is 42.5 Å². The van der Waals surface area contributed by atoms with E-state index in [9.17, 15) is 4.79 Å². The first-order valence-electron chi connectivity index (χ1n) is 8.73. The van der Waals surface area contributed by atoms with E-state index >= 15 is 0 Å². The molecular formula is C21H21ClN2O2. The normalized spacial score (nSPS) is 13.9. The highest BCUT2D eigenvalue weighted by molar-refractivity contribution is 5.90. The zero-order chi connectivity index (χ0) is 17.1. The van der Waals surface area contributed by atoms with Gasteiger partial charge in [0.15, 0.2) is 0 Å². The third-order valence-corrected chi connectivity index (χ3v) is 4.56. The second kappa shape index (κ2) is 8.19. The van der Waals surface area contributed by atoms with Gasteiger partial charge >= 0.3 is 6.09 Å². The van der Waals surface area contributed by atoms with Gasteiger partial charge in [-0.3, -0.25) is 0 Å². The molecule has 1 aliphatic rings. The van der Waals surface area contributed by atoms with Crippen molar-refractivity contribution in [1.82, 2.24) is 9.88 Å². The van der Waals surface area contributed by atoms with Crippen molar-refractivity contribution in [3.63, 3.8) is 0 Å². The molecule has 2 aromatic carbocycles. The zero-order valence-corrected chi connectivity index (χ0v) is 15.2. The lowest BCUT2D eigenvalue weighted by Gasteiger charge is -2.26. The molecule has 0 aliphatic carbocycles. The second-order valence-electron chi connectivity index (χ2n) is 6.30. The van der Waals surface area contributed by atoms with E-state index in [0.717, 1.165) is 48.1 Å². The molecule has 0 saturated carbocycles. The number of likely N-dealkylation sites (tertiary alicyclic amines) is 1. The van der Waals surface area contributed by atoms with Crippen LogP contribution in [0.4, 0.5) is 4.79 Å². The first-order chi connectivity index (χ1) is 12.3. The van der Waals surface area contributed by atoms with Gasteiger partial charge in [0, 0.05) is 30.1 Å². The minimum atomic E-state index is -0.268. The summed E-state index contributed by atoms with van der Waals surface area (Å²) in [5, 5.41) is 0.854. The van der Waals surface area contributed by atoms with Crippen LogP contribution in [-0.2, 0) is 0 Å². The Morgan fingerprint density at radius 1 is 0.923 bits per heavy atom. The lowest BCUT2D eigenvalue weighted by Crippen LogP contribution is -2.37. The standard InChI is InChI=1S/C21H20N2O2.ClH/c24-21(23-13-7-2-8-14-23)25-20-15-19(16-9-3-1-4-10-16)22-18-12-6-5-11-17(18)20;/h1,3-6,9-12,15H,2,7-8,13-14H2;1H. The third-order valence-electron chi connectivity index (χ3n) is 4.56. The van der Waals surface area contributed by atoms with Gasteiger partial charge in [0.1, 0.15) is 5.75 Å². The number of fused-ring (bicyclic) bond motifs is 1. The van der Waals surface area contributed by atoms with Gasteiger partial charge in [-0.05, 0) is 31.4 Å². The van der Waals surface area contributed by atoms with Crippen LogP contribution < -0.4 is 4.74 Å². The summed E-state index contributed by atoms with van der Waals surface area (Å²) in [6, 6.07) is 19.6. The fourth-order valence-corrected chi connectivity index (χ4v) is 3.22. The van der Waals surface area contributed by atoms with E-state index in [0.29, 0.717) is 5.75 Å². The number of hydrogen-bond donors (Lipinski definition) is 0. The molecule has 4 rings (SSSR count). The number of para-hydroxylation sites is 1. The molecule has 0 unspecified atom stereocenters. The molecule has 0 atom stereocenters. The van der Waals surface area contributed by atoms with Crippen molar-refractivity contribution in [3.05, 3.63) is 60.7 Å². The van der Waals surface area contributed by atoms with Gasteiger partial charge in [-0.15, -0.1) is 12.4 Å². The van der Waals surface area contributed by atoms with Crippen LogP contribution in [0.25, 0.3) is 22.2 Å². The number of pyridine rings is 1. The second-order valence-corrected chi connectivity index (χ2v) is 6.30. The Kier molecular flexibility index (Phi) is 5.74. The Hall–Kier alpha value is -2.59. The predicted octanol–water partition coefficient (Wildman–Crippen LogP) is 5.31. The van der Waals surface area contributed by atoms with E-state index < -0.39 is 0 Å². The summed E-state index contributed by atoms with van der Waals surface area (Å²) in [4.78, 5) is 19.1. The molecule has 1 aliphatic heterocycles. The highest BCUT2D eigenvalue weighted by Gasteiger charge is 2.20. The van der Waals surface area contributed by atoms with Crippen LogP contribution in [0.1, 0.15) is 19.3 Å². The topological polar surface area (TPSA) is 42.4 Å². The lowest BCUT2D eigenvalue weighted by atomic mass is 10.1. The smallest absolute Gasteiger partial charge is 0.409 e. The molecule has 134 valence electrons. The van der Waals surface area contributed by atoms with Gasteiger partial charge in [0.05, 0.1) is 11.2 Å². The molecule has 4 nitrogen and oxygen atoms in total. The fourth-order valence-electron chi connectivity index (χ4n) is 3.22. The largest absolute Gasteiger partial charge is 0.415 e. The first-order valence-corrected chi connectivity index (χ1v) is 8.73. The number of hydrogen-bond acceptors (Lipinski definition) is 3. The summed E-state index contributed by atoms with van der Waals surface area (Å²) in [5.74, 6) is 0.569. The van der Waals surface area contributed by atoms with Crippen LogP contribution in [-0.4, -0.2) is 29.1 Å². The van der Waals surface area contributed by atoms with Gasteiger partial charge < -0.3 is 9.64 Å². The monoisotopic (exact) mass is 368 g/mol. The molecule has 0 bridgehead atoms. The molecule has 1 aromatic heterocycles. The van der Waals surface area contributed by atoms with E-state index in [4.69, 9.17) is 9.72 Å². The third kappa shape index (κ3) is 3.81. The highest BCUT2D eigenvalue weighted by atomic mass is 35.5. The maximum absolute atomic E-state index is 12.5. The van der Waals surface area contributed by atoms with Crippen molar-refractivity contribution < 1.29 is 9.53 Å². The van der Waals surface area contributed by atoms with Crippen molar-refractivity contribution in [3.8, 4) is 17.0 Å². The summed E-state index contributed by atoms with van der Waals surface area (Å²) in [6.07, 6.45) is 3.00. The Labute approximate surface area is 159 Å². The molecule has 0 N–H and O–H groups in total. The minimum Gasteiger partial charge on any atom is -0.409 e. The number of amides is 1. The van der Waals surface area contributed by atoms with E-state index in [1.54, 1.807) is 4.90 Å². The zero-order valence-electron chi connectivity index (χ0n) is 14.4. The van der Waals surface area contributed by atoms with Crippen LogP contribution in [0.2, 0.25) is 0 Å². The molecule has 26 heavy (non-hydrogen) atoms. The van der Waals surface area contributed by atoms with E-state index in [1.165, 1.54) is 6.42 Å². The number of halogens is 1. The SMILES string of the molecule is Cl.O=C(Oc1cc(-c2ccccc2)nc2ccccc12)N1CCCCC1. The highest BCUT2D eigenvalue weighted by Crippen LogP contribution is 2.30. The average molecular weight is 369 g/mol. The number of carbonyl (C=O) groups excluding carboxylic acids is 1. The Morgan fingerprint density at radius 3 is 2.38 bits per heavy atom. The maximum Gasteiger partial charge on any atom is 0.415 e. The molecule has 3 aromatic rings. The fraction of sp³-hybridized carbons (Fsp3) is 0.238. The van der Waals surface area contributed by atoms with Crippen LogP contribution in [0.5, 0.6) is 5.75 Å². The molecule has 0 spiro atoms. The molecule has 0 radical (unpaired) electrons. The number of nitrogens with zero attached hydrogens (tertiary/aromatic N) is 2. The van der Waals surface area contributed by atoms with Crippen LogP contribution >= 0.6 is 12.4 Å². The summed E-state index contributed by atoms with van der Waals surface area (Å²) in [5.41, 5.74) is 2.63. The lowest BCUT2D eigenvalue weighted by molar-refractivity contribution is 0.143. The number of rotatable bonds is 2. The van der Waals surface area contributed by atoms with Gasteiger partial charge in [-0.25, -0.2) is 9.78 Å². The molecule has 1 fully saturated rings. The maximum atomic E-state index is 12.5. The van der Waals surface area contributed by atoms with Crippen LogP contribution in [0, 0.1) is 0 Å². The summed E-state index contributed by atoms with van der Waals surface area (Å²) in [6.45, 7) is 1.54. The number of benzene rings is 2. The number of carbonyl (C=O) groups is 1. The van der Waals surface area contributed by atoms with Crippen LogP contribution in [0.15, 0.2) is 60.7 Å². The van der Waals surface area contributed by atoms with Gasteiger partial charge in [-0.2, -0.15) is 0 Å². The molecular weight excluding hydrogens is 348 g/mol. The predicted molar refractivity (Wildman–Crippen MR) is 106 cm³/mol. The van der Waals surface area contributed by atoms with E-state index in [-0.39, 0.29) is 18.5 Å². The van der Waals surface area contributed by atoms with E-state index in [2.05, 4.69) is 0 Å². The van der Waals surface area contributed by atoms with Gasteiger partial charge in [0.25, 0.3) is 0 Å². The van der Waals surface area contributed by atoms with Crippen LogP contribution in [0.3, 0.4) is 0 Å². The van der Waals surface area contributed by atoms with Gasteiger partial charge in [0.2, 0.25) is 0 Å². The summed E-state index contributed by atoms with van der Waals surface area (Å²) >= 11 is 0. The van der Waals surface area contributed by atoms with E-state index in [1.807, 2.05) is 60.7 Å². The molecule has 1 saturated heterocycles. The van der Waals surface area contributed by atoms with Crippen molar-refractivity contribution >= 4 is 29.4 Å². The Morgan fingerprint density at radius 2 is 1.62 bits per heavy atom. The van der Waals surface area contributed by atoms with Crippen molar-refractivity contribution in [2.24, 2.45) is 0 Å². The number of ether oxygens (including phenoxy) is 1. The summed E-state index contributed by atoms with van der Waals surface area (Å²) in [7, 11) is 0. The summed E-state index contributed by atoms with van der Waals surface area (Å²) < 4.78 is 5.78. The van der Waals surface area contributed by atoms with Crippen molar-refractivity contribution in [2.75, 3.05) is 13.1 Å². The molecule has 1 amide bonds. The Bertz CT molecular complexity index is 893. The van der Waals surface area contributed by atoms with Crippen molar-refractivity contribution in [1.29, 1.82) is 0 Å². The first kappa shape index (κ1) is 18.2. The molecule has 2 heterocycles. The Balaban J connectivity index is 0.00000196. The number of aromatic nitrogens is 1.